The van der Waals surface area contributed by atoms with Gasteiger partial charge in [0.2, 0.25) is 11.8 Å². The van der Waals surface area contributed by atoms with Crippen LogP contribution in [0.3, 0.4) is 0 Å². The quantitative estimate of drug-likeness (QED) is 0.165. The number of benzene rings is 3. The van der Waals surface area contributed by atoms with Crippen molar-refractivity contribution >= 4 is 105 Å². The minimum atomic E-state index is -3.80. The fraction of sp³-hybridized carbons (Fsp3) is 0.229. The molecule has 3 amide bonds. The third-order valence-electron chi connectivity index (χ3n) is 8.41. The van der Waals surface area contributed by atoms with E-state index in [1.54, 1.807) is 65.0 Å². The molecule has 0 saturated carbocycles. The lowest BCUT2D eigenvalue weighted by Crippen LogP contribution is -2.54. The second-order valence-electron chi connectivity index (χ2n) is 12.2. The molecule has 2 saturated heterocycles. The second kappa shape index (κ2) is 18.2. The molecule has 5 aromatic rings. The summed E-state index contributed by atoms with van der Waals surface area (Å²) in [6, 6.07) is 17.1. The monoisotopic (exact) mass is 892 g/mol. The molecule has 2 aromatic heterocycles. The van der Waals surface area contributed by atoms with Crippen molar-refractivity contribution in [3.8, 4) is 5.75 Å². The number of ether oxygens (including phenoxy) is 1. The zero-order valence-corrected chi connectivity index (χ0v) is 34.6. The Kier molecular flexibility index (Phi) is 13.3. The Balaban J connectivity index is 0.000000214. The molecule has 300 valence electrons. The minimum absolute atomic E-state index is 0.0252. The molecular weight excluding hydrogens is 860 g/mol. The molecule has 2 aliphatic rings. The zero-order valence-electron chi connectivity index (χ0n) is 29.9. The number of thiazole rings is 2. The molecule has 22 heteroatoms. The Bertz CT molecular complexity index is 2420. The highest BCUT2D eigenvalue weighted by Crippen LogP contribution is 2.32. The average molecular weight is 894 g/mol. The van der Waals surface area contributed by atoms with Crippen molar-refractivity contribution in [2.24, 2.45) is 0 Å². The van der Waals surface area contributed by atoms with Crippen molar-refractivity contribution in [2.45, 2.75) is 22.8 Å². The van der Waals surface area contributed by atoms with Gasteiger partial charge in [0, 0.05) is 60.7 Å². The van der Waals surface area contributed by atoms with Gasteiger partial charge in [-0.3, -0.25) is 23.8 Å². The number of amides is 3. The first kappa shape index (κ1) is 41.8. The number of carbonyl (C=O) groups is 3. The molecule has 57 heavy (non-hydrogen) atoms. The standard InChI is InChI=1S/C22H20Cl2N4O5S2.C13H14N4O3S2/c1-14(33-18-4-2-3-17(23)20(18)24)21(30)27-10-11-28(19(29)13-27)15-5-7-16(8-6-15)35(31,32)26-22-25-9-12-34-22;18-12-9-14-5-7-17(12)10-1-3-11(4-2-10)22(19,20)16-13-15-6-8-21-13/h2-9,12,14H,10-11,13H2,1H3,(H,25,26);1-4,6,8,14H,5,7,9H2,(H,15,16)/t14-;/m0./s1. The Morgan fingerprint density at radius 2 is 1.33 bits per heavy atom. The summed E-state index contributed by atoms with van der Waals surface area (Å²) in [6.45, 7) is 3.56. The predicted molar refractivity (Wildman–Crippen MR) is 219 cm³/mol. The maximum absolute atomic E-state index is 12.8. The number of piperazine rings is 2. The molecular formula is C35H34Cl2N8O8S4. The van der Waals surface area contributed by atoms with Crippen LogP contribution >= 0.6 is 45.9 Å². The molecule has 3 aromatic carbocycles. The lowest BCUT2D eigenvalue weighted by molar-refractivity contribution is -0.142. The Morgan fingerprint density at radius 1 is 0.789 bits per heavy atom. The highest BCUT2D eigenvalue weighted by atomic mass is 35.5. The highest BCUT2D eigenvalue weighted by molar-refractivity contribution is 7.93. The SMILES string of the molecule is C[C@H](Oc1cccc(Cl)c1Cl)C(=O)N1CCN(c2ccc(S(=O)(=O)Nc3nccs3)cc2)C(=O)C1.O=C1CNCCN1c1ccc(S(=O)(=O)Nc2nccs2)cc1. The van der Waals surface area contributed by atoms with Crippen molar-refractivity contribution < 1.29 is 36.0 Å². The summed E-state index contributed by atoms with van der Waals surface area (Å²) >= 11 is 14.5. The van der Waals surface area contributed by atoms with Gasteiger partial charge in [0.1, 0.15) is 17.3 Å². The van der Waals surface area contributed by atoms with Crippen LogP contribution in [0.15, 0.2) is 99.7 Å². The zero-order chi connectivity index (χ0) is 40.7. The predicted octanol–water partition coefficient (Wildman–Crippen LogP) is 4.77. The van der Waals surface area contributed by atoms with Crippen LogP contribution < -0.4 is 29.3 Å². The smallest absolute Gasteiger partial charge is 0.263 e. The largest absolute Gasteiger partial charge is 0.479 e. The first-order valence-corrected chi connectivity index (χ1v) is 22.5. The molecule has 7 rings (SSSR count). The highest BCUT2D eigenvalue weighted by Gasteiger charge is 2.32. The maximum atomic E-state index is 12.8. The number of nitrogens with zero attached hydrogens (tertiary/aromatic N) is 5. The molecule has 2 aliphatic heterocycles. The van der Waals surface area contributed by atoms with Gasteiger partial charge in [0.15, 0.2) is 16.4 Å². The van der Waals surface area contributed by atoms with Gasteiger partial charge in [0.05, 0.1) is 21.4 Å². The number of rotatable bonds is 11. The lowest BCUT2D eigenvalue weighted by atomic mass is 10.2. The van der Waals surface area contributed by atoms with E-state index in [0.717, 1.165) is 6.54 Å². The van der Waals surface area contributed by atoms with Crippen LogP contribution in [0.25, 0.3) is 0 Å². The Morgan fingerprint density at radius 3 is 1.82 bits per heavy atom. The molecule has 0 radical (unpaired) electrons. The fourth-order valence-electron chi connectivity index (χ4n) is 5.59. The number of hydrogen-bond donors (Lipinski definition) is 3. The van der Waals surface area contributed by atoms with Crippen LogP contribution in [0.2, 0.25) is 10.0 Å². The molecule has 0 bridgehead atoms. The topological polar surface area (TPSA) is 200 Å². The third kappa shape index (κ3) is 10.4. The van der Waals surface area contributed by atoms with Crippen molar-refractivity contribution in [2.75, 3.05) is 58.5 Å². The van der Waals surface area contributed by atoms with Gasteiger partial charge in [-0.1, -0.05) is 29.3 Å². The lowest BCUT2D eigenvalue weighted by Gasteiger charge is -2.35. The second-order valence-corrected chi connectivity index (χ2v) is 18.2. The molecule has 3 N–H and O–H groups in total. The van der Waals surface area contributed by atoms with Crippen molar-refractivity contribution in [3.63, 3.8) is 0 Å². The summed E-state index contributed by atoms with van der Waals surface area (Å²) in [5.74, 6) is -0.398. The van der Waals surface area contributed by atoms with E-state index in [0.29, 0.717) is 34.6 Å². The van der Waals surface area contributed by atoms with E-state index < -0.39 is 26.2 Å². The number of sulfonamides is 2. The average Bonchev–Trinajstić information content (AvgIpc) is 3.91. The van der Waals surface area contributed by atoms with E-state index in [1.807, 2.05) is 0 Å². The first-order chi connectivity index (χ1) is 27.2. The van der Waals surface area contributed by atoms with E-state index in [1.165, 1.54) is 69.1 Å². The number of hydrogen-bond acceptors (Lipinski definition) is 13. The third-order valence-corrected chi connectivity index (χ3v) is 13.6. The molecule has 4 heterocycles. The van der Waals surface area contributed by atoms with Gasteiger partial charge < -0.3 is 24.8 Å². The van der Waals surface area contributed by atoms with E-state index in [4.69, 9.17) is 27.9 Å². The van der Waals surface area contributed by atoms with E-state index in [2.05, 4.69) is 24.7 Å². The van der Waals surface area contributed by atoms with Gasteiger partial charge in [-0.25, -0.2) is 26.8 Å². The number of halogens is 2. The van der Waals surface area contributed by atoms with Crippen LogP contribution in [0, 0.1) is 0 Å². The number of anilines is 4. The van der Waals surface area contributed by atoms with E-state index in [9.17, 15) is 31.2 Å². The van der Waals surface area contributed by atoms with Crippen molar-refractivity contribution in [1.29, 1.82) is 0 Å². The van der Waals surface area contributed by atoms with Gasteiger partial charge in [-0.15, -0.1) is 22.7 Å². The van der Waals surface area contributed by atoms with Gasteiger partial charge in [0.25, 0.3) is 26.0 Å². The van der Waals surface area contributed by atoms with Crippen LogP contribution in [-0.4, -0.2) is 94.8 Å². The van der Waals surface area contributed by atoms with Gasteiger partial charge in [-0.2, -0.15) is 0 Å². The first-order valence-electron chi connectivity index (χ1n) is 17.0. The molecule has 0 spiro atoms. The summed E-state index contributed by atoms with van der Waals surface area (Å²) in [6.07, 6.45) is 2.16. The summed E-state index contributed by atoms with van der Waals surface area (Å²) in [5.41, 5.74) is 1.23. The molecule has 0 unspecified atom stereocenters. The Labute approximate surface area is 346 Å². The number of nitrogens with one attached hydrogen (secondary N) is 3. The number of aromatic nitrogens is 2. The van der Waals surface area contributed by atoms with Gasteiger partial charge >= 0.3 is 0 Å². The van der Waals surface area contributed by atoms with Crippen LogP contribution in [0.5, 0.6) is 5.75 Å². The minimum Gasteiger partial charge on any atom is -0.479 e. The molecule has 2 fully saturated rings. The van der Waals surface area contributed by atoms with E-state index in [-0.39, 0.29) is 63.1 Å². The van der Waals surface area contributed by atoms with Crippen LogP contribution in [0.1, 0.15) is 6.92 Å². The summed E-state index contributed by atoms with van der Waals surface area (Å²) in [4.78, 5) is 50.0. The van der Waals surface area contributed by atoms with Crippen LogP contribution in [0.4, 0.5) is 21.6 Å². The van der Waals surface area contributed by atoms with Crippen molar-refractivity contribution in [1.82, 2.24) is 20.2 Å². The molecule has 0 aliphatic carbocycles. The number of carbonyl (C=O) groups excluding carboxylic acids is 3. The van der Waals surface area contributed by atoms with Crippen LogP contribution in [-0.2, 0) is 34.4 Å². The summed E-state index contributed by atoms with van der Waals surface area (Å²) < 4.78 is 59.9. The normalized spacial score (nSPS) is 15.4. The fourth-order valence-corrected chi connectivity index (χ4v) is 9.51. The maximum Gasteiger partial charge on any atom is 0.263 e. The molecule has 1 atom stereocenters. The Hall–Kier alpha value is -4.83. The summed E-state index contributed by atoms with van der Waals surface area (Å²) in [7, 11) is -7.46. The van der Waals surface area contributed by atoms with E-state index >= 15 is 0 Å². The summed E-state index contributed by atoms with van der Waals surface area (Å²) in [5, 5.41) is 7.45. The van der Waals surface area contributed by atoms with Crippen molar-refractivity contribution in [3.05, 3.63) is 99.9 Å². The molecule has 16 nitrogen and oxygen atoms in total. The van der Waals surface area contributed by atoms with Gasteiger partial charge in [-0.05, 0) is 67.6 Å².